The molecule has 1 aliphatic rings. The van der Waals surface area contributed by atoms with Gasteiger partial charge in [-0.3, -0.25) is 14.4 Å². The number of rotatable bonds is 7. The standard InChI is InChI=1S/C24H21FN4O6/c25-15-3-7-17(8-4-15)35-16-5-1-13(2-6-16)18-9-14(21(31)12-30)10-19(27-18)23(33)28-20-11-22(32)29(26)24(20)34/h1-10,20-21,30-31H,11-12,26H2,(H,28,33)/t20-,21+/m0/s1. The summed E-state index contributed by atoms with van der Waals surface area (Å²) in [6.45, 7) is -0.591. The van der Waals surface area contributed by atoms with Crippen LogP contribution in [0.1, 0.15) is 28.6 Å². The molecule has 10 nitrogen and oxygen atoms in total. The zero-order valence-electron chi connectivity index (χ0n) is 18.2. The predicted molar refractivity (Wildman–Crippen MR) is 120 cm³/mol. The van der Waals surface area contributed by atoms with Crippen LogP contribution in [0.5, 0.6) is 11.5 Å². The lowest BCUT2D eigenvalue weighted by atomic mass is 10.0. The molecule has 35 heavy (non-hydrogen) atoms. The molecule has 180 valence electrons. The molecule has 3 aromatic rings. The number of imide groups is 1. The van der Waals surface area contributed by atoms with Crippen LogP contribution in [0.3, 0.4) is 0 Å². The molecule has 0 saturated carbocycles. The second-order valence-corrected chi connectivity index (χ2v) is 7.78. The van der Waals surface area contributed by atoms with Crippen molar-refractivity contribution in [1.29, 1.82) is 0 Å². The molecule has 0 aliphatic carbocycles. The minimum atomic E-state index is -1.28. The Labute approximate surface area is 198 Å². The van der Waals surface area contributed by atoms with Gasteiger partial charge in [-0.2, -0.15) is 0 Å². The molecule has 5 N–H and O–H groups in total. The zero-order valence-corrected chi connectivity index (χ0v) is 18.2. The van der Waals surface area contributed by atoms with E-state index in [1.54, 1.807) is 24.3 Å². The highest BCUT2D eigenvalue weighted by atomic mass is 19.1. The topological polar surface area (TPSA) is 155 Å². The summed E-state index contributed by atoms with van der Waals surface area (Å²) in [5.41, 5.74) is 0.969. The predicted octanol–water partition coefficient (Wildman–Crippen LogP) is 1.44. The first kappa shape index (κ1) is 24.0. The van der Waals surface area contributed by atoms with Crippen LogP contribution in [0, 0.1) is 5.82 Å². The van der Waals surface area contributed by atoms with Crippen LogP contribution in [-0.2, 0) is 9.59 Å². The number of aliphatic hydroxyl groups excluding tert-OH is 2. The molecular formula is C24H21FN4O6. The van der Waals surface area contributed by atoms with Gasteiger partial charge in [0, 0.05) is 5.56 Å². The molecular weight excluding hydrogens is 459 g/mol. The van der Waals surface area contributed by atoms with Gasteiger partial charge in [0.05, 0.1) is 18.7 Å². The molecule has 0 unspecified atom stereocenters. The summed E-state index contributed by atoms with van der Waals surface area (Å²) in [6, 6.07) is 13.8. The highest BCUT2D eigenvalue weighted by molar-refractivity contribution is 6.07. The van der Waals surface area contributed by atoms with Crippen molar-refractivity contribution >= 4 is 17.7 Å². The Morgan fingerprint density at radius 3 is 2.34 bits per heavy atom. The van der Waals surface area contributed by atoms with Crippen molar-refractivity contribution in [2.45, 2.75) is 18.6 Å². The van der Waals surface area contributed by atoms with E-state index in [-0.39, 0.29) is 23.5 Å². The molecule has 1 aliphatic heterocycles. The number of aromatic nitrogens is 1. The van der Waals surface area contributed by atoms with Gasteiger partial charge in [0.1, 0.15) is 35.2 Å². The number of nitrogens with two attached hydrogens (primary N) is 1. The van der Waals surface area contributed by atoms with Crippen LogP contribution >= 0.6 is 0 Å². The monoisotopic (exact) mass is 480 g/mol. The summed E-state index contributed by atoms with van der Waals surface area (Å²) in [7, 11) is 0. The number of hydrogen-bond donors (Lipinski definition) is 4. The maximum Gasteiger partial charge on any atom is 0.270 e. The van der Waals surface area contributed by atoms with Crippen molar-refractivity contribution in [2.24, 2.45) is 5.84 Å². The Balaban J connectivity index is 1.59. The molecule has 0 spiro atoms. The average molecular weight is 480 g/mol. The number of hydrazine groups is 1. The van der Waals surface area contributed by atoms with E-state index in [9.17, 15) is 29.0 Å². The van der Waals surface area contributed by atoms with Crippen LogP contribution in [0.25, 0.3) is 11.3 Å². The summed E-state index contributed by atoms with van der Waals surface area (Å²) >= 11 is 0. The molecule has 2 heterocycles. The number of amides is 3. The van der Waals surface area contributed by atoms with Crippen molar-refractivity contribution in [3.63, 3.8) is 0 Å². The molecule has 0 radical (unpaired) electrons. The second-order valence-electron chi connectivity index (χ2n) is 7.78. The highest BCUT2D eigenvalue weighted by Gasteiger charge is 2.38. The Hall–Kier alpha value is -4.19. The van der Waals surface area contributed by atoms with E-state index in [1.807, 2.05) is 0 Å². The molecule has 2 aromatic carbocycles. The van der Waals surface area contributed by atoms with Crippen LogP contribution in [0.15, 0.2) is 60.7 Å². The fourth-order valence-electron chi connectivity index (χ4n) is 3.44. The second kappa shape index (κ2) is 9.97. The van der Waals surface area contributed by atoms with Gasteiger partial charge in [0.25, 0.3) is 11.8 Å². The molecule has 2 atom stereocenters. The number of ether oxygens (including phenoxy) is 1. The third-order valence-corrected chi connectivity index (χ3v) is 5.33. The van der Waals surface area contributed by atoms with E-state index in [2.05, 4.69) is 10.3 Å². The molecule has 0 bridgehead atoms. The Bertz CT molecular complexity index is 1270. The summed E-state index contributed by atoms with van der Waals surface area (Å²) in [6.07, 6.45) is -1.55. The number of hydrogen-bond acceptors (Lipinski definition) is 8. The van der Waals surface area contributed by atoms with Crippen molar-refractivity contribution in [1.82, 2.24) is 15.3 Å². The van der Waals surface area contributed by atoms with E-state index in [0.717, 1.165) is 0 Å². The first-order valence-electron chi connectivity index (χ1n) is 10.5. The molecule has 3 amide bonds. The maximum atomic E-state index is 13.1. The van der Waals surface area contributed by atoms with Crippen molar-refractivity contribution in [3.05, 3.63) is 77.7 Å². The van der Waals surface area contributed by atoms with E-state index < -0.39 is 36.5 Å². The molecule has 4 rings (SSSR count). The molecule has 11 heteroatoms. The van der Waals surface area contributed by atoms with Gasteiger partial charge in [0.2, 0.25) is 5.91 Å². The van der Waals surface area contributed by atoms with Crippen LogP contribution in [-0.4, -0.2) is 50.6 Å². The number of carbonyl (C=O) groups excluding carboxylic acids is 3. The summed E-state index contributed by atoms with van der Waals surface area (Å²) in [5, 5.41) is 22.4. The first-order valence-corrected chi connectivity index (χ1v) is 10.5. The van der Waals surface area contributed by atoms with E-state index >= 15 is 0 Å². The van der Waals surface area contributed by atoms with Crippen LogP contribution in [0.2, 0.25) is 0 Å². The first-order chi connectivity index (χ1) is 16.7. The minimum absolute atomic E-state index is 0.132. The van der Waals surface area contributed by atoms with Gasteiger partial charge in [-0.15, -0.1) is 0 Å². The number of pyridine rings is 1. The Morgan fingerprint density at radius 2 is 1.77 bits per heavy atom. The number of nitrogens with one attached hydrogen (secondary N) is 1. The van der Waals surface area contributed by atoms with Crippen molar-refractivity contribution in [2.75, 3.05) is 6.61 Å². The van der Waals surface area contributed by atoms with Crippen LogP contribution < -0.4 is 15.9 Å². The van der Waals surface area contributed by atoms with Gasteiger partial charge in [-0.05, 0) is 66.2 Å². The van der Waals surface area contributed by atoms with Gasteiger partial charge in [-0.1, -0.05) is 0 Å². The third-order valence-electron chi connectivity index (χ3n) is 5.33. The number of aliphatic hydroxyl groups is 2. The lowest BCUT2D eigenvalue weighted by Crippen LogP contribution is -2.44. The summed E-state index contributed by atoms with van der Waals surface area (Å²) < 4.78 is 18.7. The summed E-state index contributed by atoms with van der Waals surface area (Å²) in [4.78, 5) is 40.8. The van der Waals surface area contributed by atoms with Crippen LogP contribution in [0.4, 0.5) is 4.39 Å². The van der Waals surface area contributed by atoms with Gasteiger partial charge < -0.3 is 20.3 Å². The maximum absolute atomic E-state index is 13.1. The third kappa shape index (κ3) is 5.32. The number of halogens is 1. The zero-order chi connectivity index (χ0) is 25.1. The van der Waals surface area contributed by atoms with Gasteiger partial charge >= 0.3 is 0 Å². The normalized spacial score (nSPS) is 16.3. The SMILES string of the molecule is NN1C(=O)C[C@H](NC(=O)c2cc([C@H](O)CO)cc(-c3ccc(Oc4ccc(F)cc4)cc3)n2)C1=O. The molecule has 1 saturated heterocycles. The lowest BCUT2D eigenvalue weighted by molar-refractivity contribution is -0.139. The van der Waals surface area contributed by atoms with E-state index in [0.29, 0.717) is 27.8 Å². The Kier molecular flexibility index (Phi) is 6.82. The van der Waals surface area contributed by atoms with Crippen molar-refractivity contribution in [3.8, 4) is 22.8 Å². The molecule has 1 aromatic heterocycles. The van der Waals surface area contributed by atoms with Crippen molar-refractivity contribution < 1.29 is 33.7 Å². The average Bonchev–Trinajstić information content (AvgIpc) is 3.11. The Morgan fingerprint density at radius 1 is 1.14 bits per heavy atom. The van der Waals surface area contributed by atoms with Gasteiger partial charge in [0.15, 0.2) is 0 Å². The minimum Gasteiger partial charge on any atom is -0.457 e. The lowest BCUT2D eigenvalue weighted by Gasteiger charge is -2.14. The van der Waals surface area contributed by atoms with Gasteiger partial charge in [-0.25, -0.2) is 20.2 Å². The molecule has 1 fully saturated rings. The fraction of sp³-hybridized carbons (Fsp3) is 0.167. The van der Waals surface area contributed by atoms with E-state index in [1.165, 1.54) is 36.4 Å². The number of carbonyl (C=O) groups is 3. The smallest absolute Gasteiger partial charge is 0.270 e. The fourth-order valence-corrected chi connectivity index (χ4v) is 3.44. The highest BCUT2D eigenvalue weighted by Crippen LogP contribution is 2.27. The number of nitrogens with zero attached hydrogens (tertiary/aromatic N) is 2. The quantitative estimate of drug-likeness (QED) is 0.225. The largest absolute Gasteiger partial charge is 0.457 e. The number of benzene rings is 2. The van der Waals surface area contributed by atoms with E-state index in [4.69, 9.17) is 10.6 Å². The summed E-state index contributed by atoms with van der Waals surface area (Å²) in [5.74, 6) is 3.77.